The second-order valence-corrected chi connectivity index (χ2v) is 8.53. The highest BCUT2D eigenvalue weighted by atomic mass is 32.2. The van der Waals surface area contributed by atoms with Crippen molar-refractivity contribution in [1.82, 2.24) is 4.31 Å². The first-order chi connectivity index (χ1) is 13.7. The molecular weight excluding hydrogens is 394 g/mol. The molecule has 1 aliphatic heterocycles. The molecule has 8 heteroatoms. The van der Waals surface area contributed by atoms with Crippen molar-refractivity contribution in [3.05, 3.63) is 65.4 Å². The van der Waals surface area contributed by atoms with Gasteiger partial charge in [0.1, 0.15) is 11.4 Å². The molecule has 2 aromatic carbocycles. The Morgan fingerprint density at radius 2 is 1.62 bits per heavy atom. The van der Waals surface area contributed by atoms with E-state index in [4.69, 9.17) is 9.47 Å². The molecule has 0 amide bonds. The number of allylic oxidation sites excluding steroid dienone is 1. The number of hydrogen-bond acceptors (Lipinski definition) is 6. The molecule has 3 rings (SSSR count). The van der Waals surface area contributed by atoms with Gasteiger partial charge in [0.2, 0.25) is 0 Å². The highest BCUT2D eigenvalue weighted by Crippen LogP contribution is 2.39. The van der Waals surface area contributed by atoms with E-state index in [2.05, 4.69) is 0 Å². The largest absolute Gasteiger partial charge is 0.497 e. The third-order valence-corrected chi connectivity index (χ3v) is 6.46. The molecule has 29 heavy (non-hydrogen) atoms. The van der Waals surface area contributed by atoms with Crippen molar-refractivity contribution in [2.24, 2.45) is 0 Å². The molecule has 0 saturated carbocycles. The summed E-state index contributed by atoms with van der Waals surface area (Å²) < 4.78 is 37.9. The summed E-state index contributed by atoms with van der Waals surface area (Å²) in [6, 6.07) is 11.9. The average molecular weight is 415 g/mol. The van der Waals surface area contributed by atoms with Crippen LogP contribution in [0.5, 0.6) is 5.75 Å². The summed E-state index contributed by atoms with van der Waals surface area (Å²) in [5.41, 5.74) is 0.250. The van der Waals surface area contributed by atoms with Gasteiger partial charge in [0.25, 0.3) is 10.0 Å². The molecule has 0 radical (unpaired) electrons. The summed E-state index contributed by atoms with van der Waals surface area (Å²) in [5, 5.41) is 0. The Kier molecular flexibility index (Phi) is 5.48. The molecule has 0 fully saturated rings. The Morgan fingerprint density at radius 1 is 1.00 bits per heavy atom. The lowest BCUT2D eigenvalue weighted by Gasteiger charge is -2.34. The van der Waals surface area contributed by atoms with Gasteiger partial charge in [0.15, 0.2) is 11.5 Å². The van der Waals surface area contributed by atoms with Crippen LogP contribution >= 0.6 is 0 Å². The Morgan fingerprint density at radius 3 is 2.17 bits per heavy atom. The molecule has 1 heterocycles. The van der Waals surface area contributed by atoms with E-state index >= 15 is 0 Å². The second kappa shape index (κ2) is 7.71. The van der Waals surface area contributed by atoms with Crippen molar-refractivity contribution in [2.75, 3.05) is 7.11 Å². The molecule has 0 aromatic heterocycles. The van der Waals surface area contributed by atoms with Crippen LogP contribution in [0, 0.1) is 0 Å². The number of ether oxygens (including phenoxy) is 2. The Bertz CT molecular complexity index is 1100. The van der Waals surface area contributed by atoms with Gasteiger partial charge in [-0.1, -0.05) is 12.1 Å². The predicted molar refractivity (Wildman–Crippen MR) is 107 cm³/mol. The molecule has 0 saturated heterocycles. The van der Waals surface area contributed by atoms with Gasteiger partial charge in [0.05, 0.1) is 17.6 Å². The Balaban J connectivity index is 2.17. The zero-order valence-electron chi connectivity index (χ0n) is 16.5. The first kappa shape index (κ1) is 20.6. The minimum absolute atomic E-state index is 0.0174. The van der Waals surface area contributed by atoms with Gasteiger partial charge in [-0.15, -0.1) is 0 Å². The third kappa shape index (κ3) is 3.63. The topological polar surface area (TPSA) is 90.0 Å². The summed E-state index contributed by atoms with van der Waals surface area (Å²) in [6.07, 6.45) is 0. The Labute approximate surface area is 169 Å². The molecule has 0 bridgehead atoms. The number of esters is 1. The van der Waals surface area contributed by atoms with Gasteiger partial charge in [0, 0.05) is 18.5 Å². The SMILES string of the molecule is COc1ccc(C(=O)OC2=C(C(C)=O)N(C(C)C)S(=O)(=O)c3ccccc32)cc1. The summed E-state index contributed by atoms with van der Waals surface area (Å²) >= 11 is 0. The number of methoxy groups -OCH3 is 1. The average Bonchev–Trinajstić information content (AvgIpc) is 2.69. The summed E-state index contributed by atoms with van der Waals surface area (Å²) in [4.78, 5) is 25.2. The quantitative estimate of drug-likeness (QED) is 0.697. The molecule has 1 aliphatic rings. The van der Waals surface area contributed by atoms with Crippen LogP contribution in [0.15, 0.2) is 59.1 Å². The van der Waals surface area contributed by atoms with Crippen molar-refractivity contribution >= 4 is 27.5 Å². The van der Waals surface area contributed by atoms with Crippen LogP contribution in [0.25, 0.3) is 5.76 Å². The van der Waals surface area contributed by atoms with Crippen LogP contribution in [0.1, 0.15) is 36.7 Å². The monoisotopic (exact) mass is 415 g/mol. The standard InChI is InChI=1S/C21H21NO6S/c1-13(2)22-19(14(3)23)20(17-7-5-6-8-18(17)29(22,25)26)28-21(24)15-9-11-16(27-4)12-10-15/h5-13H,1-4H3. The van der Waals surface area contributed by atoms with Gasteiger partial charge in [-0.3, -0.25) is 9.10 Å². The predicted octanol–water partition coefficient (Wildman–Crippen LogP) is 3.22. The summed E-state index contributed by atoms with van der Waals surface area (Å²) in [7, 11) is -2.46. The number of carbonyl (C=O) groups excluding carboxylic acids is 2. The number of carbonyl (C=O) groups is 2. The van der Waals surface area contributed by atoms with E-state index in [1.807, 2.05) is 0 Å². The molecule has 0 unspecified atom stereocenters. The number of sulfonamides is 1. The van der Waals surface area contributed by atoms with Crippen LogP contribution in [0.2, 0.25) is 0 Å². The third-order valence-electron chi connectivity index (χ3n) is 4.43. The number of benzene rings is 2. The number of ketones is 1. The van der Waals surface area contributed by atoms with E-state index in [9.17, 15) is 18.0 Å². The van der Waals surface area contributed by atoms with Gasteiger partial charge in [-0.05, 0) is 50.2 Å². The molecule has 7 nitrogen and oxygen atoms in total. The van der Waals surface area contributed by atoms with Crippen LogP contribution in [0.4, 0.5) is 0 Å². The minimum Gasteiger partial charge on any atom is -0.497 e. The number of nitrogens with zero attached hydrogens (tertiary/aromatic N) is 1. The van der Waals surface area contributed by atoms with Crippen molar-refractivity contribution in [1.29, 1.82) is 0 Å². The Hall–Kier alpha value is -3.13. The van der Waals surface area contributed by atoms with E-state index in [-0.39, 0.29) is 27.5 Å². The number of Topliss-reactive ketones (excluding diaryl/α,β-unsaturated/α-hetero) is 1. The van der Waals surface area contributed by atoms with Crippen molar-refractivity contribution in [3.8, 4) is 5.75 Å². The lowest BCUT2D eigenvalue weighted by Crippen LogP contribution is -2.42. The highest BCUT2D eigenvalue weighted by Gasteiger charge is 2.41. The highest BCUT2D eigenvalue weighted by molar-refractivity contribution is 7.89. The molecule has 2 aromatic rings. The smallest absolute Gasteiger partial charge is 0.343 e. The van der Waals surface area contributed by atoms with Crippen LogP contribution < -0.4 is 4.74 Å². The molecular formula is C21H21NO6S. The number of rotatable bonds is 5. The van der Waals surface area contributed by atoms with E-state index < -0.39 is 27.8 Å². The van der Waals surface area contributed by atoms with E-state index in [1.165, 1.54) is 38.3 Å². The van der Waals surface area contributed by atoms with Crippen molar-refractivity contribution in [2.45, 2.75) is 31.7 Å². The molecule has 152 valence electrons. The normalized spacial score (nSPS) is 15.1. The fourth-order valence-electron chi connectivity index (χ4n) is 3.17. The molecule has 0 atom stereocenters. The van der Waals surface area contributed by atoms with Crippen molar-refractivity contribution in [3.63, 3.8) is 0 Å². The van der Waals surface area contributed by atoms with E-state index in [1.54, 1.807) is 38.1 Å². The first-order valence-electron chi connectivity index (χ1n) is 8.93. The van der Waals surface area contributed by atoms with Gasteiger partial charge in [-0.2, -0.15) is 0 Å². The fraction of sp³-hybridized carbons (Fsp3) is 0.238. The maximum Gasteiger partial charge on any atom is 0.343 e. The van der Waals surface area contributed by atoms with Gasteiger partial charge in [-0.25, -0.2) is 13.2 Å². The maximum absolute atomic E-state index is 13.1. The number of fused-ring (bicyclic) bond motifs is 1. The fourth-order valence-corrected chi connectivity index (χ4v) is 5.07. The van der Waals surface area contributed by atoms with Crippen LogP contribution in [-0.4, -0.2) is 37.6 Å². The first-order valence-corrected chi connectivity index (χ1v) is 10.4. The lowest BCUT2D eigenvalue weighted by molar-refractivity contribution is -0.114. The zero-order chi connectivity index (χ0) is 21.3. The zero-order valence-corrected chi connectivity index (χ0v) is 17.3. The van der Waals surface area contributed by atoms with Gasteiger partial charge >= 0.3 is 5.97 Å². The van der Waals surface area contributed by atoms with E-state index in [0.717, 1.165) is 4.31 Å². The second-order valence-electron chi connectivity index (χ2n) is 6.74. The number of hydrogen-bond donors (Lipinski definition) is 0. The molecule has 0 aliphatic carbocycles. The summed E-state index contributed by atoms with van der Waals surface area (Å²) in [5.74, 6) is -0.726. The maximum atomic E-state index is 13.1. The van der Waals surface area contributed by atoms with Crippen molar-refractivity contribution < 1.29 is 27.5 Å². The molecule has 0 N–H and O–H groups in total. The lowest BCUT2D eigenvalue weighted by atomic mass is 10.1. The van der Waals surface area contributed by atoms with E-state index in [0.29, 0.717) is 5.75 Å². The summed E-state index contributed by atoms with van der Waals surface area (Å²) in [6.45, 7) is 4.55. The minimum atomic E-state index is -3.97. The van der Waals surface area contributed by atoms with Crippen LogP contribution in [-0.2, 0) is 19.6 Å². The van der Waals surface area contributed by atoms with Crippen LogP contribution in [0.3, 0.4) is 0 Å². The van der Waals surface area contributed by atoms with Gasteiger partial charge < -0.3 is 9.47 Å². The molecule has 0 spiro atoms.